The number of hydrogen-bond donors (Lipinski definition) is 2. The molecule has 3 N–H and O–H groups in total. The molecule has 0 amide bonds. The fraction of sp³-hybridized carbons (Fsp3) is 0. The molecule has 0 spiro atoms. The quantitative estimate of drug-likeness (QED) is 0.737. The minimum absolute atomic E-state index is 0.146. The van der Waals surface area contributed by atoms with Gasteiger partial charge in [0.2, 0.25) is 0 Å². The van der Waals surface area contributed by atoms with E-state index in [9.17, 15) is 12.8 Å². The van der Waals surface area contributed by atoms with Gasteiger partial charge in [-0.15, -0.1) is 0 Å². The molecule has 0 saturated carbocycles. The van der Waals surface area contributed by atoms with Gasteiger partial charge in [0.25, 0.3) is 10.0 Å². The summed E-state index contributed by atoms with van der Waals surface area (Å²) in [5, 5.41) is 0.302. The van der Waals surface area contributed by atoms with E-state index in [0.717, 1.165) is 6.07 Å². The van der Waals surface area contributed by atoms with Crippen molar-refractivity contribution in [2.75, 3.05) is 10.5 Å². The van der Waals surface area contributed by atoms with Crippen molar-refractivity contribution in [1.82, 2.24) is 0 Å². The number of nitrogen functional groups attached to an aromatic ring is 1. The monoisotopic (exact) mass is 412 g/mol. The zero-order valence-electron chi connectivity index (χ0n) is 10.2. The van der Waals surface area contributed by atoms with Gasteiger partial charge in [-0.05, 0) is 46.3 Å². The second kappa shape index (κ2) is 6.00. The predicted molar refractivity (Wildman–Crippen MR) is 85.8 cm³/mol. The standard InChI is InChI=1S/C12H8BrCl2FN2O2S/c13-12-9(17)4-7(15)5-11(12)21(19,20)18-10-2-1-6(14)3-8(10)16/h1-5,18H,17H2. The Kier molecular flexibility index (Phi) is 4.67. The highest BCUT2D eigenvalue weighted by Crippen LogP contribution is 2.33. The Morgan fingerprint density at radius 1 is 1.14 bits per heavy atom. The summed E-state index contributed by atoms with van der Waals surface area (Å²) in [5.41, 5.74) is 5.57. The summed E-state index contributed by atoms with van der Waals surface area (Å²) >= 11 is 14.5. The van der Waals surface area contributed by atoms with E-state index in [2.05, 4.69) is 20.7 Å². The minimum Gasteiger partial charge on any atom is -0.398 e. The molecule has 2 aromatic rings. The van der Waals surface area contributed by atoms with Crippen LogP contribution in [0, 0.1) is 5.82 Å². The van der Waals surface area contributed by atoms with Crippen LogP contribution in [0.3, 0.4) is 0 Å². The molecule has 21 heavy (non-hydrogen) atoms. The lowest BCUT2D eigenvalue weighted by Crippen LogP contribution is -2.15. The van der Waals surface area contributed by atoms with Gasteiger partial charge in [-0.3, -0.25) is 4.72 Å². The molecule has 0 atom stereocenters. The highest BCUT2D eigenvalue weighted by atomic mass is 79.9. The molecule has 0 bridgehead atoms. The van der Waals surface area contributed by atoms with E-state index < -0.39 is 15.8 Å². The van der Waals surface area contributed by atoms with Crippen molar-refractivity contribution in [2.45, 2.75) is 4.90 Å². The van der Waals surface area contributed by atoms with E-state index in [-0.39, 0.29) is 30.8 Å². The first kappa shape index (κ1) is 16.4. The molecular weight excluding hydrogens is 406 g/mol. The van der Waals surface area contributed by atoms with Crippen LogP contribution >= 0.6 is 39.1 Å². The zero-order valence-corrected chi connectivity index (χ0v) is 14.1. The summed E-state index contributed by atoms with van der Waals surface area (Å²) in [4.78, 5) is -0.193. The van der Waals surface area contributed by atoms with Crippen LogP contribution in [0.5, 0.6) is 0 Å². The maximum Gasteiger partial charge on any atom is 0.263 e. The van der Waals surface area contributed by atoms with Crippen LogP contribution in [0.4, 0.5) is 15.8 Å². The van der Waals surface area contributed by atoms with Crippen molar-refractivity contribution in [3.8, 4) is 0 Å². The van der Waals surface area contributed by atoms with Crippen LogP contribution in [0.2, 0.25) is 10.0 Å². The fourth-order valence-electron chi connectivity index (χ4n) is 1.55. The van der Waals surface area contributed by atoms with Gasteiger partial charge >= 0.3 is 0 Å². The van der Waals surface area contributed by atoms with Crippen molar-refractivity contribution in [1.29, 1.82) is 0 Å². The van der Waals surface area contributed by atoms with Gasteiger partial charge in [-0.25, -0.2) is 12.8 Å². The molecule has 9 heteroatoms. The number of hydrogen-bond acceptors (Lipinski definition) is 3. The number of halogens is 4. The molecule has 2 aromatic carbocycles. The summed E-state index contributed by atoms with van der Waals surface area (Å²) in [7, 11) is -4.07. The van der Waals surface area contributed by atoms with Gasteiger partial charge in [0.1, 0.15) is 10.7 Å². The van der Waals surface area contributed by atoms with Crippen molar-refractivity contribution < 1.29 is 12.8 Å². The van der Waals surface area contributed by atoms with Gasteiger partial charge in [0.05, 0.1) is 10.2 Å². The highest BCUT2D eigenvalue weighted by molar-refractivity contribution is 9.10. The Hall–Kier alpha value is -1.02. The number of nitrogens with one attached hydrogen (secondary N) is 1. The van der Waals surface area contributed by atoms with Gasteiger partial charge < -0.3 is 5.73 Å². The number of rotatable bonds is 3. The maximum absolute atomic E-state index is 13.7. The van der Waals surface area contributed by atoms with Crippen LogP contribution < -0.4 is 10.5 Å². The third-order valence-corrected chi connectivity index (χ3v) is 5.49. The van der Waals surface area contributed by atoms with E-state index in [1.807, 2.05) is 0 Å². The molecule has 0 aliphatic heterocycles. The van der Waals surface area contributed by atoms with Gasteiger partial charge in [0.15, 0.2) is 0 Å². The zero-order chi connectivity index (χ0) is 15.8. The molecule has 112 valence electrons. The Labute approximate surface area is 139 Å². The average Bonchev–Trinajstić information content (AvgIpc) is 2.37. The van der Waals surface area contributed by atoms with Crippen LogP contribution in [0.25, 0.3) is 0 Å². The number of sulfonamides is 1. The average molecular weight is 414 g/mol. The molecular formula is C12H8BrCl2FN2O2S. The summed E-state index contributed by atoms with van der Waals surface area (Å²) in [5.74, 6) is -0.794. The Morgan fingerprint density at radius 3 is 2.43 bits per heavy atom. The van der Waals surface area contributed by atoms with Crippen molar-refractivity contribution in [3.05, 3.63) is 50.7 Å². The van der Waals surface area contributed by atoms with Gasteiger partial charge in [-0.1, -0.05) is 23.2 Å². The number of nitrogens with two attached hydrogens (primary N) is 1. The molecule has 0 aliphatic carbocycles. The van der Waals surface area contributed by atoms with Crippen LogP contribution in [-0.2, 0) is 10.0 Å². The SMILES string of the molecule is Nc1cc(Cl)cc(S(=O)(=O)Nc2ccc(Cl)cc2F)c1Br. The number of benzene rings is 2. The molecule has 0 aliphatic rings. The van der Waals surface area contributed by atoms with E-state index in [1.54, 1.807) is 0 Å². The first-order chi connectivity index (χ1) is 9.70. The lowest BCUT2D eigenvalue weighted by atomic mass is 10.3. The second-order valence-electron chi connectivity index (χ2n) is 4.04. The van der Waals surface area contributed by atoms with E-state index in [0.29, 0.717) is 0 Å². The lowest BCUT2D eigenvalue weighted by Gasteiger charge is -2.12. The van der Waals surface area contributed by atoms with E-state index in [1.165, 1.54) is 24.3 Å². The Balaban J connectivity index is 2.48. The summed E-state index contributed by atoms with van der Waals surface area (Å²) < 4.78 is 40.6. The molecule has 0 fully saturated rings. The van der Waals surface area contributed by atoms with Crippen LogP contribution in [0.1, 0.15) is 0 Å². The first-order valence-electron chi connectivity index (χ1n) is 5.43. The molecule has 0 unspecified atom stereocenters. The first-order valence-corrected chi connectivity index (χ1v) is 8.46. The van der Waals surface area contributed by atoms with Gasteiger partial charge in [0, 0.05) is 15.7 Å². The Morgan fingerprint density at radius 2 is 1.81 bits per heavy atom. The maximum atomic E-state index is 13.7. The lowest BCUT2D eigenvalue weighted by molar-refractivity contribution is 0.598. The second-order valence-corrected chi connectivity index (χ2v) is 7.35. The molecule has 0 saturated heterocycles. The summed E-state index contributed by atoms with van der Waals surface area (Å²) in [6.45, 7) is 0. The van der Waals surface area contributed by atoms with Crippen molar-refractivity contribution in [3.63, 3.8) is 0 Å². The molecule has 0 heterocycles. The number of anilines is 2. The smallest absolute Gasteiger partial charge is 0.263 e. The van der Waals surface area contributed by atoms with Crippen LogP contribution in [-0.4, -0.2) is 8.42 Å². The molecule has 4 nitrogen and oxygen atoms in total. The van der Waals surface area contributed by atoms with Gasteiger partial charge in [-0.2, -0.15) is 0 Å². The predicted octanol–water partition coefficient (Wildman–Crippen LogP) is 4.28. The highest BCUT2D eigenvalue weighted by Gasteiger charge is 2.21. The Bertz CT molecular complexity index is 815. The summed E-state index contributed by atoms with van der Waals surface area (Å²) in [6.07, 6.45) is 0. The fourth-order valence-corrected chi connectivity index (χ4v) is 4.07. The van der Waals surface area contributed by atoms with E-state index in [4.69, 9.17) is 28.9 Å². The third-order valence-electron chi connectivity index (χ3n) is 2.50. The third kappa shape index (κ3) is 3.60. The normalized spacial score (nSPS) is 11.4. The van der Waals surface area contributed by atoms with Crippen LogP contribution in [0.15, 0.2) is 39.7 Å². The summed E-state index contributed by atoms with van der Waals surface area (Å²) in [6, 6.07) is 6.19. The molecule has 0 radical (unpaired) electrons. The van der Waals surface area contributed by atoms with E-state index >= 15 is 0 Å². The van der Waals surface area contributed by atoms with Crippen molar-refractivity contribution >= 4 is 60.5 Å². The topological polar surface area (TPSA) is 72.2 Å². The molecule has 2 rings (SSSR count). The van der Waals surface area contributed by atoms with Crippen molar-refractivity contribution in [2.24, 2.45) is 0 Å². The minimum atomic E-state index is -4.07. The largest absolute Gasteiger partial charge is 0.398 e. The molecule has 0 aromatic heterocycles.